The Morgan fingerprint density at radius 3 is 2.93 bits per heavy atom. The van der Waals surface area contributed by atoms with Gasteiger partial charge in [-0.1, -0.05) is 12.2 Å². The van der Waals surface area contributed by atoms with Crippen LogP contribution in [0.25, 0.3) is 6.08 Å². The lowest BCUT2D eigenvalue weighted by molar-refractivity contribution is 0.480. The Hall–Kier alpha value is -1.35. The third-order valence-electron chi connectivity index (χ3n) is 2.59. The molecule has 1 aromatic rings. The summed E-state index contributed by atoms with van der Waals surface area (Å²) in [7, 11) is 0. The predicted octanol–water partition coefficient (Wildman–Crippen LogP) is 1.56. The monoisotopic (exact) mass is 189 g/mol. The van der Waals surface area contributed by atoms with Crippen LogP contribution in [0.3, 0.4) is 0 Å². The Kier molecular flexibility index (Phi) is 1.86. The van der Waals surface area contributed by atoms with Crippen molar-refractivity contribution in [3.8, 4) is 0 Å². The first-order chi connectivity index (χ1) is 6.50. The topological polar surface area (TPSA) is 64.9 Å². The fourth-order valence-corrected chi connectivity index (χ4v) is 1.84. The molecule has 0 spiro atoms. The minimum Gasteiger partial charge on any atom is -0.398 e. The van der Waals surface area contributed by atoms with Crippen molar-refractivity contribution in [3.05, 3.63) is 29.1 Å². The Labute approximate surface area is 83.8 Å². The third-order valence-corrected chi connectivity index (χ3v) is 2.59. The number of nitrogen functional groups attached to an aromatic ring is 1. The number of pyridine rings is 1. The van der Waals surface area contributed by atoms with Crippen molar-refractivity contribution in [1.29, 1.82) is 0 Å². The van der Waals surface area contributed by atoms with Crippen molar-refractivity contribution in [3.63, 3.8) is 0 Å². The molecule has 14 heavy (non-hydrogen) atoms. The highest BCUT2D eigenvalue weighted by Gasteiger charge is 2.28. The zero-order chi connectivity index (χ0) is 10.3. The van der Waals surface area contributed by atoms with Crippen LogP contribution >= 0.6 is 0 Å². The molecule has 3 heteroatoms. The van der Waals surface area contributed by atoms with E-state index in [1.807, 2.05) is 26.0 Å². The molecule has 4 N–H and O–H groups in total. The van der Waals surface area contributed by atoms with E-state index in [4.69, 9.17) is 11.5 Å². The summed E-state index contributed by atoms with van der Waals surface area (Å²) in [6.07, 6.45) is 4.87. The van der Waals surface area contributed by atoms with Gasteiger partial charge in [-0.3, -0.25) is 4.98 Å². The largest absolute Gasteiger partial charge is 0.398 e. The van der Waals surface area contributed by atoms with Gasteiger partial charge in [0.1, 0.15) is 0 Å². The molecule has 0 amide bonds. The quantitative estimate of drug-likeness (QED) is 0.651. The van der Waals surface area contributed by atoms with Gasteiger partial charge in [-0.2, -0.15) is 0 Å². The van der Waals surface area contributed by atoms with Gasteiger partial charge in [0.15, 0.2) is 0 Å². The van der Waals surface area contributed by atoms with E-state index < -0.39 is 0 Å². The highest BCUT2D eigenvalue weighted by atomic mass is 14.9. The van der Waals surface area contributed by atoms with Crippen LogP contribution in [-0.2, 0) is 5.54 Å². The number of nitrogens with two attached hydrogens (primary N) is 2. The van der Waals surface area contributed by atoms with Gasteiger partial charge in [0.2, 0.25) is 0 Å². The fourth-order valence-electron chi connectivity index (χ4n) is 1.84. The molecule has 0 aromatic carbocycles. The van der Waals surface area contributed by atoms with E-state index in [9.17, 15) is 0 Å². The third kappa shape index (κ3) is 1.30. The van der Waals surface area contributed by atoms with Gasteiger partial charge in [0.05, 0.1) is 11.2 Å². The van der Waals surface area contributed by atoms with Gasteiger partial charge >= 0.3 is 0 Å². The molecule has 1 atom stereocenters. The van der Waals surface area contributed by atoms with Gasteiger partial charge in [-0.25, -0.2) is 0 Å². The van der Waals surface area contributed by atoms with E-state index in [-0.39, 0.29) is 5.54 Å². The molecule has 0 radical (unpaired) electrons. The number of aromatic nitrogens is 1. The van der Waals surface area contributed by atoms with Gasteiger partial charge in [0.25, 0.3) is 0 Å². The number of aryl methyl sites for hydroxylation is 1. The van der Waals surface area contributed by atoms with E-state index in [0.717, 1.165) is 29.1 Å². The van der Waals surface area contributed by atoms with Crippen molar-refractivity contribution in [2.75, 3.05) is 5.73 Å². The van der Waals surface area contributed by atoms with E-state index in [1.165, 1.54) is 0 Å². The average Bonchev–Trinajstić information content (AvgIpc) is 2.06. The minimum atomic E-state index is -0.385. The normalized spacial score (nSPS) is 24.8. The Bertz CT molecular complexity index is 405. The van der Waals surface area contributed by atoms with Crippen LogP contribution in [0.15, 0.2) is 12.1 Å². The summed E-state index contributed by atoms with van der Waals surface area (Å²) >= 11 is 0. The lowest BCUT2D eigenvalue weighted by Crippen LogP contribution is -2.36. The smallest absolute Gasteiger partial charge is 0.0698 e. The number of hydrogen-bond donors (Lipinski definition) is 2. The maximum absolute atomic E-state index is 6.16. The number of anilines is 1. The maximum Gasteiger partial charge on any atom is 0.0698 e. The Morgan fingerprint density at radius 1 is 1.50 bits per heavy atom. The highest BCUT2D eigenvalue weighted by molar-refractivity contribution is 5.69. The zero-order valence-corrected chi connectivity index (χ0v) is 8.54. The van der Waals surface area contributed by atoms with Crippen molar-refractivity contribution in [1.82, 2.24) is 4.98 Å². The number of hydrogen-bond acceptors (Lipinski definition) is 3. The van der Waals surface area contributed by atoms with Gasteiger partial charge in [-0.15, -0.1) is 0 Å². The molecule has 74 valence electrons. The molecule has 0 saturated carbocycles. The summed E-state index contributed by atoms with van der Waals surface area (Å²) < 4.78 is 0. The molecule has 1 aliphatic carbocycles. The van der Waals surface area contributed by atoms with Crippen LogP contribution in [0.5, 0.6) is 0 Å². The molecule has 1 unspecified atom stereocenters. The summed E-state index contributed by atoms with van der Waals surface area (Å²) in [5.74, 6) is 0. The maximum atomic E-state index is 6.16. The van der Waals surface area contributed by atoms with Crippen LogP contribution in [0.1, 0.15) is 30.3 Å². The Balaban J connectivity index is 2.70. The second-order valence-corrected chi connectivity index (χ2v) is 4.14. The van der Waals surface area contributed by atoms with Crippen molar-refractivity contribution in [2.24, 2.45) is 5.73 Å². The van der Waals surface area contributed by atoms with Gasteiger partial charge < -0.3 is 11.5 Å². The first kappa shape index (κ1) is 9.21. The molecule has 2 rings (SSSR count). The van der Waals surface area contributed by atoms with Crippen LogP contribution in [0.4, 0.5) is 5.69 Å². The fraction of sp³-hybridized carbons (Fsp3) is 0.364. The molecule has 3 nitrogen and oxygen atoms in total. The number of fused-ring (bicyclic) bond motifs is 1. The highest BCUT2D eigenvalue weighted by Crippen LogP contribution is 2.32. The molecule has 0 saturated heterocycles. The predicted molar refractivity (Wildman–Crippen MR) is 58.6 cm³/mol. The molecule has 1 aliphatic rings. The first-order valence-electron chi connectivity index (χ1n) is 4.74. The molecule has 0 bridgehead atoms. The molecule has 1 aromatic heterocycles. The van der Waals surface area contributed by atoms with Crippen LogP contribution in [0, 0.1) is 6.92 Å². The van der Waals surface area contributed by atoms with Crippen molar-refractivity contribution < 1.29 is 0 Å². The molecule has 0 fully saturated rings. The Morgan fingerprint density at radius 2 is 2.21 bits per heavy atom. The number of rotatable bonds is 0. The summed E-state index contributed by atoms with van der Waals surface area (Å²) in [5.41, 5.74) is 15.3. The standard InChI is InChI=1S/C11H15N3/c1-7-6-9(12)8-4-3-5-11(2,13)10(8)14-7/h3-4,6H,5,13H2,1-2H3,(H2,12,14). The van der Waals surface area contributed by atoms with Crippen LogP contribution in [-0.4, -0.2) is 4.98 Å². The van der Waals surface area contributed by atoms with E-state index in [1.54, 1.807) is 0 Å². The van der Waals surface area contributed by atoms with Crippen LogP contribution < -0.4 is 11.5 Å². The van der Waals surface area contributed by atoms with E-state index in [0.29, 0.717) is 0 Å². The molecular weight excluding hydrogens is 174 g/mol. The second kappa shape index (κ2) is 2.82. The van der Waals surface area contributed by atoms with Crippen LogP contribution in [0.2, 0.25) is 0 Å². The molecule has 1 heterocycles. The van der Waals surface area contributed by atoms with Gasteiger partial charge in [-0.05, 0) is 26.3 Å². The van der Waals surface area contributed by atoms with E-state index >= 15 is 0 Å². The number of nitrogens with zero attached hydrogens (tertiary/aromatic N) is 1. The summed E-state index contributed by atoms with van der Waals surface area (Å²) in [6, 6.07) is 1.88. The van der Waals surface area contributed by atoms with E-state index in [2.05, 4.69) is 11.1 Å². The summed E-state index contributed by atoms with van der Waals surface area (Å²) in [6.45, 7) is 3.92. The van der Waals surface area contributed by atoms with Crippen molar-refractivity contribution >= 4 is 11.8 Å². The second-order valence-electron chi connectivity index (χ2n) is 4.14. The lowest BCUT2D eigenvalue weighted by Gasteiger charge is -2.28. The minimum absolute atomic E-state index is 0.385. The zero-order valence-electron chi connectivity index (χ0n) is 8.54. The lowest BCUT2D eigenvalue weighted by atomic mass is 9.85. The summed E-state index contributed by atoms with van der Waals surface area (Å²) in [4.78, 5) is 4.47. The SMILES string of the molecule is Cc1cc(N)c2c(n1)C(C)(N)CC=C2. The molecule has 0 aliphatic heterocycles. The molecular formula is C11H15N3. The van der Waals surface area contributed by atoms with Crippen molar-refractivity contribution in [2.45, 2.75) is 25.8 Å². The average molecular weight is 189 g/mol. The first-order valence-corrected chi connectivity index (χ1v) is 4.74. The summed E-state index contributed by atoms with van der Waals surface area (Å²) in [5, 5.41) is 0. The van der Waals surface area contributed by atoms with Gasteiger partial charge in [0, 0.05) is 16.9 Å².